The summed E-state index contributed by atoms with van der Waals surface area (Å²) in [5.41, 5.74) is 2.90. The molecule has 0 unspecified atom stereocenters. The number of nitrogens with zero attached hydrogens (tertiary/aromatic N) is 4. The molecule has 1 aromatic carbocycles. The van der Waals surface area contributed by atoms with Crippen LogP contribution in [0.5, 0.6) is 0 Å². The number of hydrogen-bond acceptors (Lipinski definition) is 4. The molecule has 1 saturated heterocycles. The minimum atomic E-state index is -0.172. The van der Waals surface area contributed by atoms with Crippen molar-refractivity contribution in [2.75, 3.05) is 13.1 Å². The number of amides is 2. The number of likely N-dealkylation sites (tertiary alicyclic amines) is 1. The first kappa shape index (κ1) is 20.1. The summed E-state index contributed by atoms with van der Waals surface area (Å²) >= 11 is 0. The molecule has 3 heterocycles. The van der Waals surface area contributed by atoms with Crippen molar-refractivity contribution >= 4 is 17.5 Å². The monoisotopic (exact) mass is 405 g/mol. The molecule has 1 N–H and O–H groups in total. The standard InChI is InChI=1S/C23H27N5O2/c1-16(2)14-21(29)27-12-9-18(10-13-27)26-23(30)19-15-25-28-20(8-11-24-22(19)28)17-6-4-3-5-7-17/h3-8,11,15-16,18H,9-10,12-14H2,1-2H3,(H,26,30). The molecule has 3 aromatic rings. The average molecular weight is 406 g/mol. The Morgan fingerprint density at radius 1 is 1.13 bits per heavy atom. The van der Waals surface area contributed by atoms with Crippen molar-refractivity contribution in [3.8, 4) is 11.3 Å². The molecule has 0 aliphatic carbocycles. The Morgan fingerprint density at radius 2 is 1.87 bits per heavy atom. The van der Waals surface area contributed by atoms with E-state index >= 15 is 0 Å². The number of aromatic nitrogens is 3. The molecule has 30 heavy (non-hydrogen) atoms. The third-order valence-corrected chi connectivity index (χ3v) is 5.48. The largest absolute Gasteiger partial charge is 0.349 e. The summed E-state index contributed by atoms with van der Waals surface area (Å²) in [4.78, 5) is 31.4. The number of carbonyl (C=O) groups is 2. The molecule has 0 atom stereocenters. The van der Waals surface area contributed by atoms with E-state index < -0.39 is 0 Å². The minimum absolute atomic E-state index is 0.0489. The highest BCUT2D eigenvalue weighted by Crippen LogP contribution is 2.21. The zero-order chi connectivity index (χ0) is 21.1. The van der Waals surface area contributed by atoms with E-state index in [2.05, 4.69) is 29.2 Å². The maximum atomic E-state index is 12.9. The van der Waals surface area contributed by atoms with Gasteiger partial charge in [0.05, 0.1) is 11.9 Å². The molecular weight excluding hydrogens is 378 g/mol. The first-order valence-electron chi connectivity index (χ1n) is 10.5. The molecule has 0 radical (unpaired) electrons. The molecule has 0 saturated carbocycles. The van der Waals surface area contributed by atoms with E-state index in [9.17, 15) is 9.59 Å². The van der Waals surface area contributed by atoms with Crippen molar-refractivity contribution in [2.45, 2.75) is 39.2 Å². The van der Waals surface area contributed by atoms with Crippen molar-refractivity contribution in [3.05, 3.63) is 54.4 Å². The van der Waals surface area contributed by atoms with Crippen molar-refractivity contribution in [2.24, 2.45) is 5.92 Å². The molecule has 7 nitrogen and oxygen atoms in total. The van der Waals surface area contributed by atoms with Gasteiger partial charge in [-0.25, -0.2) is 9.50 Å². The van der Waals surface area contributed by atoms with Crippen LogP contribution in [0.3, 0.4) is 0 Å². The van der Waals surface area contributed by atoms with Gasteiger partial charge in [0.2, 0.25) is 5.91 Å². The fourth-order valence-electron chi connectivity index (χ4n) is 3.89. The summed E-state index contributed by atoms with van der Waals surface area (Å²) in [6.45, 7) is 5.47. The normalized spacial score (nSPS) is 15.0. The van der Waals surface area contributed by atoms with E-state index in [0.29, 0.717) is 36.6 Å². The lowest BCUT2D eigenvalue weighted by Gasteiger charge is -2.32. The number of nitrogens with one attached hydrogen (secondary N) is 1. The van der Waals surface area contributed by atoms with Gasteiger partial charge in [-0.05, 0) is 24.8 Å². The van der Waals surface area contributed by atoms with Crippen LogP contribution in [-0.2, 0) is 4.79 Å². The molecule has 2 amide bonds. The zero-order valence-corrected chi connectivity index (χ0v) is 17.4. The maximum Gasteiger partial charge on any atom is 0.256 e. The van der Waals surface area contributed by atoms with E-state index in [-0.39, 0.29) is 17.9 Å². The Bertz CT molecular complexity index is 1040. The van der Waals surface area contributed by atoms with Gasteiger partial charge >= 0.3 is 0 Å². The highest BCUT2D eigenvalue weighted by Gasteiger charge is 2.25. The maximum absolute atomic E-state index is 12.9. The topological polar surface area (TPSA) is 79.6 Å². The molecule has 156 valence electrons. The van der Waals surface area contributed by atoms with Crippen molar-refractivity contribution in [3.63, 3.8) is 0 Å². The quantitative estimate of drug-likeness (QED) is 0.707. The second kappa shape index (κ2) is 8.65. The summed E-state index contributed by atoms with van der Waals surface area (Å²) < 4.78 is 1.71. The number of rotatable bonds is 5. The number of hydrogen-bond donors (Lipinski definition) is 1. The Morgan fingerprint density at radius 3 is 2.57 bits per heavy atom. The first-order valence-corrected chi connectivity index (χ1v) is 10.5. The highest BCUT2D eigenvalue weighted by molar-refractivity contribution is 6.00. The Labute approximate surface area is 176 Å². The summed E-state index contributed by atoms with van der Waals surface area (Å²) in [6, 6.07) is 11.9. The molecule has 1 fully saturated rings. The van der Waals surface area contributed by atoms with Crippen LogP contribution in [0.1, 0.15) is 43.5 Å². The second-order valence-electron chi connectivity index (χ2n) is 8.22. The molecule has 0 bridgehead atoms. The molecule has 0 spiro atoms. The van der Waals surface area contributed by atoms with Crippen molar-refractivity contribution in [1.82, 2.24) is 24.8 Å². The zero-order valence-electron chi connectivity index (χ0n) is 17.4. The number of benzene rings is 1. The lowest BCUT2D eigenvalue weighted by atomic mass is 10.0. The summed E-state index contributed by atoms with van der Waals surface area (Å²) in [5, 5.41) is 7.52. The van der Waals surface area contributed by atoms with Crippen LogP contribution in [0.4, 0.5) is 0 Å². The van der Waals surface area contributed by atoms with Crippen LogP contribution in [0.25, 0.3) is 16.9 Å². The molecule has 7 heteroatoms. The second-order valence-corrected chi connectivity index (χ2v) is 8.22. The van der Waals surface area contributed by atoms with Gasteiger partial charge in [-0.2, -0.15) is 5.10 Å². The lowest BCUT2D eigenvalue weighted by Crippen LogP contribution is -2.46. The first-order chi connectivity index (χ1) is 14.5. The smallest absolute Gasteiger partial charge is 0.256 e. The van der Waals surface area contributed by atoms with Gasteiger partial charge in [0.1, 0.15) is 5.56 Å². The Hall–Kier alpha value is -3.22. The van der Waals surface area contributed by atoms with E-state index in [1.165, 1.54) is 0 Å². The number of piperidine rings is 1. The molecular formula is C23H27N5O2. The van der Waals surface area contributed by atoms with Crippen LogP contribution >= 0.6 is 0 Å². The SMILES string of the molecule is CC(C)CC(=O)N1CCC(NC(=O)c2cnn3c(-c4ccccc4)ccnc23)CC1. The van der Waals surface area contributed by atoms with Crippen LogP contribution in [0.2, 0.25) is 0 Å². The predicted octanol–water partition coefficient (Wildman–Crippen LogP) is 3.16. The van der Waals surface area contributed by atoms with Crippen LogP contribution in [-0.4, -0.2) is 50.4 Å². The van der Waals surface area contributed by atoms with Gasteiger partial charge in [0, 0.05) is 37.3 Å². The van der Waals surface area contributed by atoms with Crippen molar-refractivity contribution in [1.29, 1.82) is 0 Å². The minimum Gasteiger partial charge on any atom is -0.349 e. The average Bonchev–Trinajstić information content (AvgIpc) is 3.19. The van der Waals surface area contributed by atoms with E-state index in [4.69, 9.17) is 0 Å². The summed E-state index contributed by atoms with van der Waals surface area (Å²) in [5.74, 6) is 0.392. The van der Waals surface area contributed by atoms with Gasteiger partial charge in [0.25, 0.3) is 5.91 Å². The van der Waals surface area contributed by atoms with Crippen molar-refractivity contribution < 1.29 is 9.59 Å². The third-order valence-electron chi connectivity index (χ3n) is 5.48. The van der Waals surface area contributed by atoms with Gasteiger partial charge in [-0.1, -0.05) is 44.2 Å². The molecule has 1 aliphatic rings. The summed E-state index contributed by atoms with van der Waals surface area (Å²) in [7, 11) is 0. The lowest BCUT2D eigenvalue weighted by molar-refractivity contribution is -0.133. The number of fused-ring (bicyclic) bond motifs is 1. The third kappa shape index (κ3) is 4.20. The van der Waals surface area contributed by atoms with E-state index in [1.54, 1.807) is 16.9 Å². The van der Waals surface area contributed by atoms with Crippen LogP contribution < -0.4 is 5.32 Å². The van der Waals surface area contributed by atoms with E-state index in [0.717, 1.165) is 24.1 Å². The molecule has 4 rings (SSSR count). The number of carbonyl (C=O) groups excluding carboxylic acids is 2. The fraction of sp³-hybridized carbons (Fsp3) is 0.391. The predicted molar refractivity (Wildman–Crippen MR) is 115 cm³/mol. The van der Waals surface area contributed by atoms with Crippen LogP contribution in [0, 0.1) is 5.92 Å². The van der Waals surface area contributed by atoms with Gasteiger partial charge < -0.3 is 10.2 Å². The van der Waals surface area contributed by atoms with Gasteiger partial charge in [0.15, 0.2) is 5.65 Å². The highest BCUT2D eigenvalue weighted by atomic mass is 16.2. The fourth-order valence-corrected chi connectivity index (χ4v) is 3.89. The van der Waals surface area contributed by atoms with E-state index in [1.807, 2.05) is 41.3 Å². The van der Waals surface area contributed by atoms with Crippen LogP contribution in [0.15, 0.2) is 48.8 Å². The Kier molecular flexibility index (Phi) is 5.79. The molecule has 2 aromatic heterocycles. The van der Waals surface area contributed by atoms with Gasteiger partial charge in [-0.3, -0.25) is 9.59 Å². The Balaban J connectivity index is 1.44. The van der Waals surface area contributed by atoms with Gasteiger partial charge in [-0.15, -0.1) is 0 Å². The summed E-state index contributed by atoms with van der Waals surface area (Å²) in [6.07, 6.45) is 5.38. The molecule has 1 aliphatic heterocycles.